The summed E-state index contributed by atoms with van der Waals surface area (Å²) in [5, 5.41) is 15.3. The van der Waals surface area contributed by atoms with Crippen LogP contribution in [-0.2, 0) is 41.5 Å². The molecule has 2 aliphatic rings. The standard InChI is InChI=1S/C32H41N3O8/c1-21(33-29(38)19-35-12-14-42-15-13-35)28(37)18-24(16-22-6-10-26(41-3)11-7-22)31(40)34-27(30(39)32(2)20-43-32)17-23-4-8-25(36)9-5-23/h4-11,21,24,27,36H,12-20H2,1-3H3,(H,33,38)(H,34,40)/t21-,24+,27-,32+/m0/s1. The molecule has 2 aromatic carbocycles. The number of hydrogen-bond acceptors (Lipinski definition) is 9. The molecule has 11 heteroatoms. The van der Waals surface area contributed by atoms with Crippen molar-refractivity contribution in [1.82, 2.24) is 15.5 Å². The first-order valence-corrected chi connectivity index (χ1v) is 14.6. The number of epoxide rings is 1. The van der Waals surface area contributed by atoms with E-state index >= 15 is 0 Å². The summed E-state index contributed by atoms with van der Waals surface area (Å²) in [4.78, 5) is 55.1. The molecule has 4 atom stereocenters. The van der Waals surface area contributed by atoms with E-state index < -0.39 is 29.5 Å². The lowest BCUT2D eigenvalue weighted by molar-refractivity contribution is -0.134. The van der Waals surface area contributed by atoms with Gasteiger partial charge in [0, 0.05) is 25.4 Å². The highest BCUT2D eigenvalue weighted by atomic mass is 16.6. The van der Waals surface area contributed by atoms with Gasteiger partial charge in [0.15, 0.2) is 11.6 Å². The first-order valence-electron chi connectivity index (χ1n) is 14.6. The van der Waals surface area contributed by atoms with Crippen molar-refractivity contribution in [3.05, 3.63) is 59.7 Å². The van der Waals surface area contributed by atoms with Crippen LogP contribution in [0.5, 0.6) is 11.5 Å². The van der Waals surface area contributed by atoms with Crippen molar-refractivity contribution in [3.8, 4) is 11.5 Å². The van der Waals surface area contributed by atoms with Crippen LogP contribution in [0.15, 0.2) is 48.5 Å². The molecule has 0 aliphatic carbocycles. The van der Waals surface area contributed by atoms with Gasteiger partial charge in [-0.05, 0) is 62.1 Å². The number of nitrogens with one attached hydrogen (secondary N) is 2. The van der Waals surface area contributed by atoms with E-state index in [1.165, 1.54) is 12.1 Å². The van der Waals surface area contributed by atoms with Crippen molar-refractivity contribution in [3.63, 3.8) is 0 Å². The minimum Gasteiger partial charge on any atom is -0.508 e. The van der Waals surface area contributed by atoms with Gasteiger partial charge in [0.2, 0.25) is 11.8 Å². The monoisotopic (exact) mass is 595 g/mol. The second-order valence-corrected chi connectivity index (χ2v) is 11.4. The van der Waals surface area contributed by atoms with Crippen molar-refractivity contribution >= 4 is 23.4 Å². The third-order valence-corrected chi connectivity index (χ3v) is 7.90. The van der Waals surface area contributed by atoms with Gasteiger partial charge in [-0.3, -0.25) is 24.1 Å². The molecule has 0 unspecified atom stereocenters. The van der Waals surface area contributed by atoms with E-state index in [4.69, 9.17) is 14.2 Å². The Bertz CT molecular complexity index is 1270. The van der Waals surface area contributed by atoms with Crippen molar-refractivity contribution < 1.29 is 38.5 Å². The summed E-state index contributed by atoms with van der Waals surface area (Å²) in [7, 11) is 1.56. The molecule has 0 aromatic heterocycles. The molecule has 2 fully saturated rings. The van der Waals surface area contributed by atoms with Gasteiger partial charge >= 0.3 is 0 Å². The molecule has 0 bridgehead atoms. The molecule has 2 amide bonds. The van der Waals surface area contributed by atoms with Gasteiger partial charge in [0.05, 0.1) is 45.6 Å². The molecule has 3 N–H and O–H groups in total. The maximum Gasteiger partial charge on any atom is 0.234 e. The number of aromatic hydroxyl groups is 1. The molecule has 43 heavy (non-hydrogen) atoms. The zero-order chi connectivity index (χ0) is 31.0. The van der Waals surface area contributed by atoms with Crippen LogP contribution in [0.2, 0.25) is 0 Å². The predicted octanol–water partition coefficient (Wildman–Crippen LogP) is 1.44. The highest BCUT2D eigenvalue weighted by molar-refractivity contribution is 5.98. The molecule has 2 aliphatic heterocycles. The smallest absolute Gasteiger partial charge is 0.234 e. The second-order valence-electron chi connectivity index (χ2n) is 11.4. The molecular formula is C32H41N3O8. The van der Waals surface area contributed by atoms with Crippen LogP contribution in [0.4, 0.5) is 0 Å². The highest BCUT2D eigenvalue weighted by Gasteiger charge is 2.50. The van der Waals surface area contributed by atoms with Crippen molar-refractivity contribution in [1.29, 1.82) is 0 Å². The van der Waals surface area contributed by atoms with Gasteiger partial charge in [-0.2, -0.15) is 0 Å². The Morgan fingerprint density at radius 1 is 0.977 bits per heavy atom. The maximum absolute atomic E-state index is 13.8. The number of Topliss-reactive ketones (excluding diaryl/α,β-unsaturated/α-hetero) is 2. The number of rotatable bonds is 15. The van der Waals surface area contributed by atoms with Gasteiger partial charge in [-0.1, -0.05) is 24.3 Å². The number of amides is 2. The number of hydrogen-bond donors (Lipinski definition) is 3. The number of morpholine rings is 1. The van der Waals surface area contributed by atoms with E-state index in [9.17, 15) is 24.3 Å². The fourth-order valence-corrected chi connectivity index (χ4v) is 5.04. The Balaban J connectivity index is 1.47. The molecule has 0 spiro atoms. The lowest BCUT2D eigenvalue weighted by Gasteiger charge is -2.27. The number of benzene rings is 2. The second kappa shape index (κ2) is 14.6. The Hall–Kier alpha value is -3.80. The van der Waals surface area contributed by atoms with E-state index in [2.05, 4.69) is 10.6 Å². The first kappa shape index (κ1) is 32.1. The average Bonchev–Trinajstić information content (AvgIpc) is 3.76. The quantitative estimate of drug-likeness (QED) is 0.260. The summed E-state index contributed by atoms with van der Waals surface area (Å²) in [6, 6.07) is 11.9. The van der Waals surface area contributed by atoms with Crippen LogP contribution in [0.25, 0.3) is 0 Å². The van der Waals surface area contributed by atoms with E-state index in [-0.39, 0.29) is 55.6 Å². The summed E-state index contributed by atoms with van der Waals surface area (Å²) in [5.74, 6) is -1.31. The van der Waals surface area contributed by atoms with Gasteiger partial charge in [0.25, 0.3) is 0 Å². The van der Waals surface area contributed by atoms with Gasteiger partial charge in [-0.25, -0.2) is 0 Å². The SMILES string of the molecule is COc1ccc(C[C@H](CC(=O)[C@H](C)NC(=O)CN2CCOCC2)C(=O)N[C@@H](Cc2ccc(O)cc2)C(=O)[C@@]2(C)CO2)cc1. The molecule has 2 aromatic rings. The molecule has 2 heterocycles. The Morgan fingerprint density at radius 2 is 1.58 bits per heavy atom. The fourth-order valence-electron chi connectivity index (χ4n) is 5.04. The molecule has 0 saturated carbocycles. The number of carbonyl (C=O) groups excluding carboxylic acids is 4. The summed E-state index contributed by atoms with van der Waals surface area (Å²) in [6.45, 7) is 6.15. The van der Waals surface area contributed by atoms with E-state index in [0.29, 0.717) is 32.1 Å². The molecule has 0 radical (unpaired) electrons. The first-order chi connectivity index (χ1) is 20.6. The van der Waals surface area contributed by atoms with Gasteiger partial charge in [0.1, 0.15) is 17.1 Å². The van der Waals surface area contributed by atoms with Crippen LogP contribution in [-0.4, -0.2) is 97.6 Å². The zero-order valence-electron chi connectivity index (χ0n) is 25.0. The Labute approximate surface area is 251 Å². The number of phenolic OH excluding ortho intramolecular Hbond substituents is 1. The summed E-state index contributed by atoms with van der Waals surface area (Å²) < 4.78 is 15.9. The van der Waals surface area contributed by atoms with E-state index in [0.717, 1.165) is 11.1 Å². The number of methoxy groups -OCH3 is 1. The maximum atomic E-state index is 13.8. The fraction of sp³-hybridized carbons (Fsp3) is 0.500. The van der Waals surface area contributed by atoms with Crippen LogP contribution >= 0.6 is 0 Å². The largest absolute Gasteiger partial charge is 0.508 e. The predicted molar refractivity (Wildman–Crippen MR) is 158 cm³/mol. The Kier molecular flexibility index (Phi) is 10.9. The van der Waals surface area contributed by atoms with E-state index in [1.807, 2.05) is 17.0 Å². The minimum atomic E-state index is -0.977. The minimum absolute atomic E-state index is 0.0948. The summed E-state index contributed by atoms with van der Waals surface area (Å²) in [6.07, 6.45) is 0.301. The third kappa shape index (κ3) is 9.34. The molecule has 11 nitrogen and oxygen atoms in total. The lowest BCUT2D eigenvalue weighted by Crippen LogP contribution is -2.50. The average molecular weight is 596 g/mol. The topological polar surface area (TPSA) is 147 Å². The number of ether oxygens (including phenoxy) is 3. The van der Waals surface area contributed by atoms with Crippen molar-refractivity contribution in [2.75, 3.05) is 46.6 Å². The lowest BCUT2D eigenvalue weighted by atomic mass is 9.89. The van der Waals surface area contributed by atoms with E-state index in [1.54, 1.807) is 45.2 Å². The van der Waals surface area contributed by atoms with Crippen LogP contribution < -0.4 is 15.4 Å². The zero-order valence-corrected chi connectivity index (χ0v) is 25.0. The summed E-state index contributed by atoms with van der Waals surface area (Å²) in [5.41, 5.74) is 0.590. The number of phenols is 1. The number of ketones is 2. The number of nitrogens with zero attached hydrogens (tertiary/aromatic N) is 1. The van der Waals surface area contributed by atoms with Crippen molar-refractivity contribution in [2.45, 2.75) is 50.8 Å². The van der Waals surface area contributed by atoms with Crippen LogP contribution in [0.1, 0.15) is 31.4 Å². The third-order valence-electron chi connectivity index (χ3n) is 7.90. The highest BCUT2D eigenvalue weighted by Crippen LogP contribution is 2.29. The van der Waals surface area contributed by atoms with Gasteiger partial charge < -0.3 is 30.0 Å². The number of carbonyl (C=O) groups is 4. The summed E-state index contributed by atoms with van der Waals surface area (Å²) >= 11 is 0. The van der Waals surface area contributed by atoms with Crippen LogP contribution in [0, 0.1) is 5.92 Å². The van der Waals surface area contributed by atoms with Crippen LogP contribution in [0.3, 0.4) is 0 Å². The van der Waals surface area contributed by atoms with Gasteiger partial charge in [-0.15, -0.1) is 0 Å². The molecule has 232 valence electrons. The molecule has 2 saturated heterocycles. The normalized spacial score (nSPS) is 20.3. The molecule has 4 rings (SSSR count). The molecular weight excluding hydrogens is 554 g/mol. The Morgan fingerprint density at radius 3 is 2.19 bits per heavy atom. The van der Waals surface area contributed by atoms with Crippen molar-refractivity contribution in [2.24, 2.45) is 5.92 Å².